The van der Waals surface area contributed by atoms with Crippen LogP contribution >= 0.6 is 11.8 Å². The van der Waals surface area contributed by atoms with E-state index in [4.69, 9.17) is 9.72 Å². The number of ether oxygens (including phenoxy) is 1. The van der Waals surface area contributed by atoms with Gasteiger partial charge >= 0.3 is 0 Å². The molecule has 2 aromatic carbocycles. The maximum absolute atomic E-state index is 12.7. The van der Waals surface area contributed by atoms with E-state index in [0.717, 1.165) is 50.1 Å². The average molecular weight is 499 g/mol. The van der Waals surface area contributed by atoms with Crippen molar-refractivity contribution in [3.8, 4) is 28.1 Å². The van der Waals surface area contributed by atoms with Crippen molar-refractivity contribution in [3.05, 3.63) is 89.7 Å². The summed E-state index contributed by atoms with van der Waals surface area (Å²) in [5, 5.41) is 2.99. The van der Waals surface area contributed by atoms with Crippen molar-refractivity contribution in [2.75, 3.05) is 32.4 Å². The van der Waals surface area contributed by atoms with Crippen LogP contribution in [0.3, 0.4) is 0 Å². The lowest BCUT2D eigenvalue weighted by Crippen LogP contribution is -2.23. The number of aryl methyl sites for hydroxylation is 1. The molecule has 2 heterocycles. The van der Waals surface area contributed by atoms with E-state index >= 15 is 0 Å². The first-order valence-corrected chi connectivity index (χ1v) is 12.8. The molecule has 0 aliphatic rings. The topological polar surface area (TPSA) is 67.3 Å². The first-order chi connectivity index (χ1) is 17.4. The van der Waals surface area contributed by atoms with Gasteiger partial charge in [0, 0.05) is 36.3 Å². The molecule has 0 bridgehead atoms. The number of carbonyl (C=O) groups is 1. The summed E-state index contributed by atoms with van der Waals surface area (Å²) < 4.78 is 5.63. The van der Waals surface area contributed by atoms with Gasteiger partial charge in [-0.05, 0) is 78.4 Å². The number of carbonyl (C=O) groups excluding carboxylic acids is 1. The van der Waals surface area contributed by atoms with E-state index in [2.05, 4.69) is 16.4 Å². The average Bonchev–Trinajstić information content (AvgIpc) is 2.91. The zero-order valence-corrected chi connectivity index (χ0v) is 22.0. The van der Waals surface area contributed by atoms with E-state index in [1.165, 1.54) is 0 Å². The highest BCUT2D eigenvalue weighted by Crippen LogP contribution is 2.34. The molecule has 6 nitrogen and oxygen atoms in total. The normalized spacial score (nSPS) is 10.7. The van der Waals surface area contributed by atoms with Crippen LogP contribution < -0.4 is 15.0 Å². The third-order valence-electron chi connectivity index (χ3n) is 5.92. The summed E-state index contributed by atoms with van der Waals surface area (Å²) in [5.41, 5.74) is 6.36. The first-order valence-electron chi connectivity index (χ1n) is 11.6. The van der Waals surface area contributed by atoms with Crippen LogP contribution in [-0.2, 0) is 6.54 Å². The Hall–Kier alpha value is -3.84. The fourth-order valence-electron chi connectivity index (χ4n) is 3.90. The van der Waals surface area contributed by atoms with Crippen LogP contribution in [-0.4, -0.2) is 43.3 Å². The molecule has 7 heteroatoms. The second-order valence-electron chi connectivity index (χ2n) is 8.59. The van der Waals surface area contributed by atoms with E-state index in [0.29, 0.717) is 12.1 Å². The number of nitrogens with zero attached hydrogens (tertiary/aromatic N) is 3. The summed E-state index contributed by atoms with van der Waals surface area (Å²) in [6, 6.07) is 21.7. The molecule has 0 aliphatic carbocycles. The molecule has 1 amide bonds. The number of pyridine rings is 2. The molecule has 4 rings (SSSR count). The van der Waals surface area contributed by atoms with Crippen LogP contribution in [0.4, 0.5) is 5.82 Å². The maximum atomic E-state index is 12.7. The monoisotopic (exact) mass is 498 g/mol. The molecule has 0 unspecified atom stereocenters. The predicted octanol–water partition coefficient (Wildman–Crippen LogP) is 5.85. The highest BCUT2D eigenvalue weighted by molar-refractivity contribution is 7.98. The minimum Gasteiger partial charge on any atom is -0.496 e. The van der Waals surface area contributed by atoms with E-state index in [1.54, 1.807) is 25.1 Å². The van der Waals surface area contributed by atoms with Gasteiger partial charge in [0.05, 0.1) is 25.0 Å². The van der Waals surface area contributed by atoms with Gasteiger partial charge in [-0.3, -0.25) is 9.78 Å². The van der Waals surface area contributed by atoms with Crippen molar-refractivity contribution < 1.29 is 9.53 Å². The summed E-state index contributed by atoms with van der Waals surface area (Å²) in [7, 11) is 5.60. The zero-order chi connectivity index (χ0) is 25.7. The Bertz CT molecular complexity index is 1390. The number of methoxy groups -OCH3 is 1. The predicted molar refractivity (Wildman–Crippen MR) is 148 cm³/mol. The van der Waals surface area contributed by atoms with E-state index in [1.807, 2.05) is 92.8 Å². The summed E-state index contributed by atoms with van der Waals surface area (Å²) in [6.07, 6.45) is 3.78. The molecule has 0 spiro atoms. The fourth-order valence-corrected chi connectivity index (χ4v) is 4.53. The second-order valence-corrected chi connectivity index (χ2v) is 9.44. The summed E-state index contributed by atoms with van der Waals surface area (Å²) in [6.45, 7) is 2.38. The number of aromatic nitrogens is 2. The SMILES string of the molecule is COc1ccc(-c2ccnc(CNC(=O)c3ccc(C)c(SC)c3)c2)cc1-c1cccc(N(C)C)n1. The zero-order valence-electron chi connectivity index (χ0n) is 21.2. The van der Waals surface area contributed by atoms with Crippen LogP contribution in [0.5, 0.6) is 5.75 Å². The Balaban J connectivity index is 1.57. The third kappa shape index (κ3) is 5.69. The number of rotatable bonds is 8. The Morgan fingerprint density at radius 2 is 1.83 bits per heavy atom. The number of thioether (sulfide) groups is 1. The number of benzene rings is 2. The van der Waals surface area contributed by atoms with Gasteiger partial charge in [-0.15, -0.1) is 11.8 Å². The molecule has 0 atom stereocenters. The number of hydrogen-bond donors (Lipinski definition) is 1. The fraction of sp³-hybridized carbons (Fsp3) is 0.207. The number of amides is 1. The van der Waals surface area contributed by atoms with Crippen molar-refractivity contribution in [3.63, 3.8) is 0 Å². The molecule has 36 heavy (non-hydrogen) atoms. The number of anilines is 1. The van der Waals surface area contributed by atoms with Crippen molar-refractivity contribution >= 4 is 23.5 Å². The maximum Gasteiger partial charge on any atom is 0.251 e. The molecule has 0 aliphatic heterocycles. The van der Waals surface area contributed by atoms with Crippen molar-refractivity contribution in [2.45, 2.75) is 18.4 Å². The van der Waals surface area contributed by atoms with Crippen LogP contribution in [0, 0.1) is 6.92 Å². The molecular weight excluding hydrogens is 468 g/mol. The van der Waals surface area contributed by atoms with Gasteiger partial charge in [-0.1, -0.05) is 18.2 Å². The largest absolute Gasteiger partial charge is 0.496 e. The summed E-state index contributed by atoms with van der Waals surface area (Å²) in [4.78, 5) is 25.0. The smallest absolute Gasteiger partial charge is 0.251 e. The number of hydrogen-bond acceptors (Lipinski definition) is 6. The minimum atomic E-state index is -0.115. The number of nitrogens with one attached hydrogen (secondary N) is 1. The molecule has 0 fully saturated rings. The standard InChI is InChI=1S/C29H30N4O2S/c1-19-9-10-22(17-27(19)36-5)29(34)31-18-23-15-21(13-14-30-23)20-11-12-26(35-4)24(16-20)25-7-6-8-28(32-25)33(2)3/h6-17H,18H2,1-5H3,(H,31,34). The lowest BCUT2D eigenvalue weighted by atomic mass is 10.0. The Kier molecular flexibility index (Phi) is 7.90. The second kappa shape index (κ2) is 11.3. The van der Waals surface area contributed by atoms with Crippen LogP contribution in [0.2, 0.25) is 0 Å². The quantitative estimate of drug-likeness (QED) is 0.308. The molecule has 1 N–H and O–H groups in total. The van der Waals surface area contributed by atoms with Gasteiger partial charge in [0.15, 0.2) is 0 Å². The van der Waals surface area contributed by atoms with Gasteiger partial charge in [0.25, 0.3) is 5.91 Å². The van der Waals surface area contributed by atoms with Gasteiger partial charge < -0.3 is 15.0 Å². The van der Waals surface area contributed by atoms with Crippen molar-refractivity contribution in [1.29, 1.82) is 0 Å². The molecule has 0 radical (unpaired) electrons. The highest BCUT2D eigenvalue weighted by Gasteiger charge is 2.12. The van der Waals surface area contributed by atoms with Crippen LogP contribution in [0.1, 0.15) is 21.6 Å². The van der Waals surface area contributed by atoms with Gasteiger partial charge in [0.1, 0.15) is 11.6 Å². The molecule has 184 valence electrons. The van der Waals surface area contributed by atoms with Gasteiger partial charge in [-0.25, -0.2) is 4.98 Å². The Morgan fingerprint density at radius 3 is 2.58 bits per heavy atom. The third-order valence-corrected chi connectivity index (χ3v) is 6.80. The molecule has 4 aromatic rings. The Morgan fingerprint density at radius 1 is 1.03 bits per heavy atom. The van der Waals surface area contributed by atoms with E-state index in [9.17, 15) is 4.79 Å². The molecule has 0 saturated heterocycles. The van der Waals surface area contributed by atoms with Crippen molar-refractivity contribution in [2.24, 2.45) is 0 Å². The lowest BCUT2D eigenvalue weighted by molar-refractivity contribution is 0.0950. The first kappa shape index (κ1) is 25.3. The lowest BCUT2D eigenvalue weighted by Gasteiger charge is -2.15. The van der Waals surface area contributed by atoms with Crippen molar-refractivity contribution in [1.82, 2.24) is 15.3 Å². The summed E-state index contributed by atoms with van der Waals surface area (Å²) >= 11 is 1.64. The van der Waals surface area contributed by atoms with E-state index in [-0.39, 0.29) is 5.91 Å². The molecule has 2 aromatic heterocycles. The summed E-state index contributed by atoms with van der Waals surface area (Å²) in [5.74, 6) is 1.52. The van der Waals surface area contributed by atoms with Gasteiger partial charge in [-0.2, -0.15) is 0 Å². The van der Waals surface area contributed by atoms with Crippen LogP contribution in [0.15, 0.2) is 77.8 Å². The van der Waals surface area contributed by atoms with Crippen LogP contribution in [0.25, 0.3) is 22.4 Å². The Labute approximate surface area is 216 Å². The minimum absolute atomic E-state index is 0.115. The molecular formula is C29H30N4O2S. The molecule has 0 saturated carbocycles. The van der Waals surface area contributed by atoms with Gasteiger partial charge in [0.2, 0.25) is 0 Å². The highest BCUT2D eigenvalue weighted by atomic mass is 32.2. The van der Waals surface area contributed by atoms with E-state index < -0.39 is 0 Å².